The highest BCUT2D eigenvalue weighted by molar-refractivity contribution is 8.37. The molecule has 27 heavy (non-hydrogen) atoms. The van der Waals surface area contributed by atoms with Gasteiger partial charge in [0, 0.05) is 18.2 Å². The topological polar surface area (TPSA) is 113 Å². The maximum absolute atomic E-state index is 13.9. The van der Waals surface area contributed by atoms with Gasteiger partial charge >= 0.3 is 5.97 Å². The van der Waals surface area contributed by atoms with E-state index in [2.05, 4.69) is 5.32 Å². The fourth-order valence-corrected chi connectivity index (χ4v) is 2.93. The van der Waals surface area contributed by atoms with E-state index in [1.165, 1.54) is 18.2 Å². The molecule has 0 aromatic heterocycles. The third kappa shape index (κ3) is 6.21. The molecule has 2 aromatic carbocycles. The van der Waals surface area contributed by atoms with E-state index < -0.39 is 33.5 Å². The largest absolute Gasteiger partial charge is 0.478 e. The summed E-state index contributed by atoms with van der Waals surface area (Å²) in [5.41, 5.74) is -0.195. The monoisotopic (exact) mass is 419 g/mol. The molecule has 2 aromatic rings. The average Bonchev–Trinajstić information content (AvgIpc) is 2.54. The van der Waals surface area contributed by atoms with Crippen molar-refractivity contribution >= 4 is 23.9 Å². The molecule has 3 N–H and O–H groups in total. The van der Waals surface area contributed by atoms with Crippen molar-refractivity contribution < 1.29 is 36.9 Å². The van der Waals surface area contributed by atoms with Crippen LogP contribution in [0.3, 0.4) is 0 Å². The predicted molar refractivity (Wildman–Crippen MR) is 96.9 cm³/mol. The summed E-state index contributed by atoms with van der Waals surface area (Å²) in [6.07, 6.45) is -1.66. The van der Waals surface area contributed by atoms with Crippen LogP contribution in [0.5, 0.6) is 5.75 Å². The molecule has 0 radical (unpaired) electrons. The van der Waals surface area contributed by atoms with Gasteiger partial charge in [-0.25, -0.2) is 22.0 Å². The molecule has 0 amide bonds. The maximum Gasteiger partial charge on any atom is 0.339 e. The summed E-state index contributed by atoms with van der Waals surface area (Å²) in [6.45, 7) is -0.131. The summed E-state index contributed by atoms with van der Waals surface area (Å²) in [5, 5.41) is 21.4. The molecule has 7 nitrogen and oxygen atoms in total. The van der Waals surface area contributed by atoms with Gasteiger partial charge in [-0.1, -0.05) is 6.07 Å². The normalized spacial score (nSPS) is 12.6. The van der Waals surface area contributed by atoms with E-state index in [4.69, 9.17) is 4.74 Å². The second-order valence-electron chi connectivity index (χ2n) is 5.43. The Kier molecular flexibility index (Phi) is 6.83. The third-order valence-electron chi connectivity index (χ3n) is 3.40. The summed E-state index contributed by atoms with van der Waals surface area (Å²) in [5.74, 6) is -3.53. The Morgan fingerprint density at radius 1 is 1.22 bits per heavy atom. The van der Waals surface area contributed by atoms with E-state index in [0.717, 1.165) is 12.1 Å². The van der Waals surface area contributed by atoms with E-state index in [1.807, 2.05) is 0 Å². The van der Waals surface area contributed by atoms with E-state index >= 15 is 0 Å². The molecule has 0 heterocycles. The quantitative estimate of drug-likeness (QED) is 0.442. The molecule has 0 saturated carbocycles. The standard InChI is InChI=1S/C16H16F2NO6PS/c17-10-2-3-11(13(18)8-10)9-1-4-14(12(7-9)15(20)21)25-16(22)19-5-6-27(23,24)26/h1-4,7-8,16,19,22H,5-6,26H2,(H,20,21). The molecule has 0 saturated heterocycles. The van der Waals surface area contributed by atoms with Crippen molar-refractivity contribution in [3.8, 4) is 16.9 Å². The van der Waals surface area contributed by atoms with E-state index in [1.54, 1.807) is 8.44 Å². The second-order valence-corrected chi connectivity index (χ2v) is 9.32. The van der Waals surface area contributed by atoms with Crippen LogP contribution >= 0.6 is 8.44 Å². The first-order chi connectivity index (χ1) is 12.6. The molecule has 146 valence electrons. The van der Waals surface area contributed by atoms with Crippen LogP contribution in [-0.2, 0) is 9.46 Å². The van der Waals surface area contributed by atoms with Crippen LogP contribution in [0.25, 0.3) is 11.1 Å². The van der Waals surface area contributed by atoms with Crippen LogP contribution in [0, 0.1) is 11.6 Å². The van der Waals surface area contributed by atoms with Gasteiger partial charge in [0.1, 0.15) is 22.9 Å². The highest BCUT2D eigenvalue weighted by Gasteiger charge is 2.17. The number of ether oxygens (including phenoxy) is 1. The van der Waals surface area contributed by atoms with Gasteiger partial charge in [0.2, 0.25) is 0 Å². The van der Waals surface area contributed by atoms with Gasteiger partial charge in [-0.3, -0.25) is 5.32 Å². The molecule has 0 aliphatic rings. The maximum atomic E-state index is 13.9. The van der Waals surface area contributed by atoms with Gasteiger partial charge in [-0.2, -0.15) is 0 Å². The second kappa shape index (κ2) is 8.71. The number of hydrogen-bond acceptors (Lipinski definition) is 6. The minimum Gasteiger partial charge on any atom is -0.478 e. The van der Waals surface area contributed by atoms with Crippen LogP contribution in [-0.4, -0.2) is 43.3 Å². The van der Waals surface area contributed by atoms with Crippen LogP contribution in [0.4, 0.5) is 8.78 Å². The minimum absolute atomic E-state index is 0.00484. The number of halogens is 2. The lowest BCUT2D eigenvalue weighted by Crippen LogP contribution is -2.37. The Hall–Kier alpha value is -2.13. The Balaban J connectivity index is 2.21. The molecular weight excluding hydrogens is 403 g/mol. The lowest BCUT2D eigenvalue weighted by atomic mass is 10.0. The summed E-state index contributed by atoms with van der Waals surface area (Å²) in [7, 11) is -1.67. The first-order valence-electron chi connectivity index (χ1n) is 7.48. The lowest BCUT2D eigenvalue weighted by molar-refractivity contribution is -0.0427. The van der Waals surface area contributed by atoms with Crippen molar-refractivity contribution in [1.82, 2.24) is 5.32 Å². The van der Waals surface area contributed by atoms with Gasteiger partial charge in [0.25, 0.3) is 6.41 Å². The molecule has 2 unspecified atom stereocenters. The molecule has 2 atom stereocenters. The SMILES string of the molecule is O=C(O)c1cc(-c2ccc(F)cc2F)ccc1OC(O)NCCS(=O)(=O)P. The Bertz CT molecular complexity index is 954. The van der Waals surface area contributed by atoms with Crippen molar-refractivity contribution in [2.45, 2.75) is 6.41 Å². The first kappa shape index (κ1) is 21.2. The molecule has 0 bridgehead atoms. The summed E-state index contributed by atoms with van der Waals surface area (Å²) >= 11 is 0. The fraction of sp³-hybridized carbons (Fsp3) is 0.188. The number of hydrogen-bond donors (Lipinski definition) is 3. The minimum atomic E-state index is -3.33. The fourth-order valence-electron chi connectivity index (χ4n) is 2.18. The smallest absolute Gasteiger partial charge is 0.339 e. The highest BCUT2D eigenvalue weighted by atomic mass is 32.7. The Morgan fingerprint density at radius 3 is 2.52 bits per heavy atom. The number of aliphatic hydroxyl groups excluding tert-OH is 1. The zero-order valence-electron chi connectivity index (χ0n) is 13.7. The van der Waals surface area contributed by atoms with Crippen LogP contribution in [0.15, 0.2) is 36.4 Å². The number of aliphatic hydroxyl groups is 1. The van der Waals surface area contributed by atoms with Crippen molar-refractivity contribution in [2.24, 2.45) is 0 Å². The average molecular weight is 419 g/mol. The van der Waals surface area contributed by atoms with Gasteiger partial charge < -0.3 is 14.9 Å². The molecule has 2 rings (SSSR count). The molecule has 11 heteroatoms. The number of aromatic carboxylic acids is 1. The summed E-state index contributed by atoms with van der Waals surface area (Å²) in [6, 6.07) is 6.56. The van der Waals surface area contributed by atoms with Crippen molar-refractivity contribution in [3.63, 3.8) is 0 Å². The van der Waals surface area contributed by atoms with E-state index in [0.29, 0.717) is 6.07 Å². The van der Waals surface area contributed by atoms with Crippen molar-refractivity contribution in [2.75, 3.05) is 12.3 Å². The van der Waals surface area contributed by atoms with E-state index in [9.17, 15) is 32.2 Å². The number of carboxylic acid groups (broad SMARTS) is 1. The van der Waals surface area contributed by atoms with Gasteiger partial charge in [0.15, 0.2) is 9.46 Å². The predicted octanol–water partition coefficient (Wildman–Crippen LogP) is 1.78. The number of benzene rings is 2. The molecule has 0 aliphatic carbocycles. The zero-order chi connectivity index (χ0) is 20.2. The Morgan fingerprint density at radius 2 is 1.93 bits per heavy atom. The third-order valence-corrected chi connectivity index (χ3v) is 4.88. The summed E-state index contributed by atoms with van der Waals surface area (Å²) in [4.78, 5) is 11.5. The Labute approximate surface area is 155 Å². The van der Waals surface area contributed by atoms with Crippen molar-refractivity contribution in [1.29, 1.82) is 0 Å². The van der Waals surface area contributed by atoms with E-state index in [-0.39, 0.29) is 34.7 Å². The summed E-state index contributed by atoms with van der Waals surface area (Å²) < 4.78 is 54.0. The highest BCUT2D eigenvalue weighted by Crippen LogP contribution is 2.29. The lowest BCUT2D eigenvalue weighted by Gasteiger charge is -2.17. The number of carboxylic acids is 1. The molecular formula is C16H16F2NO6PS. The molecule has 0 spiro atoms. The van der Waals surface area contributed by atoms with Crippen molar-refractivity contribution in [3.05, 3.63) is 53.6 Å². The number of nitrogens with one attached hydrogen (secondary N) is 1. The van der Waals surface area contributed by atoms with Gasteiger partial charge in [0.05, 0.1) is 5.75 Å². The van der Waals surface area contributed by atoms with Gasteiger partial charge in [-0.15, -0.1) is 0 Å². The number of rotatable bonds is 8. The first-order valence-corrected chi connectivity index (χ1v) is 10.6. The molecule has 0 aliphatic heterocycles. The van der Waals surface area contributed by atoms with Crippen LogP contribution in [0.1, 0.15) is 10.4 Å². The van der Waals surface area contributed by atoms with Crippen LogP contribution < -0.4 is 10.1 Å². The zero-order valence-corrected chi connectivity index (χ0v) is 15.7. The molecule has 0 fully saturated rings. The van der Waals surface area contributed by atoms with Gasteiger partial charge in [-0.05, 0) is 38.3 Å². The number of carbonyl (C=O) groups is 1. The van der Waals surface area contributed by atoms with Crippen LogP contribution in [0.2, 0.25) is 0 Å².